The fraction of sp³-hybridized carbons (Fsp3) is 0.333. The first-order chi connectivity index (χ1) is 11.4. The van der Waals surface area contributed by atoms with E-state index in [-0.39, 0.29) is 12.5 Å². The molecule has 0 radical (unpaired) electrons. The van der Waals surface area contributed by atoms with Gasteiger partial charge in [-0.15, -0.1) is 0 Å². The van der Waals surface area contributed by atoms with E-state index in [1.54, 1.807) is 43.3 Å². The largest absolute Gasteiger partial charge is 0.489 e. The number of aromatic nitrogens is 2. The minimum atomic E-state index is -0.485. The average molecular weight is 392 g/mol. The minimum absolute atomic E-state index is 0.178. The van der Waals surface area contributed by atoms with Crippen LogP contribution in [0.15, 0.2) is 24.5 Å². The van der Waals surface area contributed by atoms with Crippen molar-refractivity contribution in [3.8, 4) is 5.75 Å². The molecule has 0 bridgehead atoms. The van der Waals surface area contributed by atoms with Crippen LogP contribution in [0.1, 0.15) is 11.6 Å². The lowest BCUT2D eigenvalue weighted by Crippen LogP contribution is -2.37. The van der Waals surface area contributed by atoms with Gasteiger partial charge in [0.1, 0.15) is 12.6 Å². The Balaban J connectivity index is 1.86. The molecule has 0 aliphatic carbocycles. The highest BCUT2D eigenvalue weighted by molar-refractivity contribution is 6.40. The van der Waals surface area contributed by atoms with Crippen molar-refractivity contribution < 1.29 is 9.53 Å². The van der Waals surface area contributed by atoms with Crippen LogP contribution in [0.25, 0.3) is 0 Å². The summed E-state index contributed by atoms with van der Waals surface area (Å²) in [6, 6.07) is 2.60. The summed E-state index contributed by atoms with van der Waals surface area (Å²) in [7, 11) is 3.50. The second kappa shape index (κ2) is 8.58. The number of likely N-dealkylation sites (N-methyl/N-ethyl adjacent to an activating group) is 1. The number of carbonyl (C=O) groups is 1. The van der Waals surface area contributed by atoms with Crippen LogP contribution in [0.2, 0.25) is 15.1 Å². The molecule has 0 saturated carbocycles. The van der Waals surface area contributed by atoms with Crippen LogP contribution < -0.4 is 15.4 Å². The van der Waals surface area contributed by atoms with Gasteiger partial charge in [-0.1, -0.05) is 34.8 Å². The summed E-state index contributed by atoms with van der Waals surface area (Å²) in [4.78, 5) is 12.2. The number of halogens is 3. The van der Waals surface area contributed by atoms with Gasteiger partial charge >= 0.3 is 0 Å². The van der Waals surface area contributed by atoms with Gasteiger partial charge in [0.25, 0.3) is 0 Å². The van der Waals surface area contributed by atoms with Gasteiger partial charge in [0.05, 0.1) is 22.8 Å². The van der Waals surface area contributed by atoms with Crippen molar-refractivity contribution in [3.63, 3.8) is 0 Å². The molecule has 1 heterocycles. The van der Waals surface area contributed by atoms with E-state index >= 15 is 0 Å². The number of benzene rings is 1. The molecule has 1 unspecified atom stereocenters. The molecular formula is C15H17Cl3N4O2. The number of hydrogen-bond acceptors (Lipinski definition) is 4. The lowest BCUT2D eigenvalue weighted by atomic mass is 10.1. The summed E-state index contributed by atoms with van der Waals surface area (Å²) in [5.74, 6) is 0.164. The van der Waals surface area contributed by atoms with Crippen LogP contribution in [0.5, 0.6) is 5.75 Å². The van der Waals surface area contributed by atoms with Crippen molar-refractivity contribution in [2.75, 3.05) is 20.2 Å². The predicted molar refractivity (Wildman–Crippen MR) is 95.0 cm³/mol. The zero-order chi connectivity index (χ0) is 17.7. The Morgan fingerprint density at radius 1 is 1.33 bits per heavy atom. The van der Waals surface area contributed by atoms with E-state index in [2.05, 4.69) is 15.7 Å². The molecule has 130 valence electrons. The summed E-state index contributed by atoms with van der Waals surface area (Å²) in [6.45, 7) is 0.517. The van der Waals surface area contributed by atoms with Crippen LogP contribution in [0.3, 0.4) is 0 Å². The number of aryl methyl sites for hydroxylation is 1. The molecule has 6 nitrogen and oxygen atoms in total. The molecule has 24 heavy (non-hydrogen) atoms. The van der Waals surface area contributed by atoms with Gasteiger partial charge in [-0.3, -0.25) is 9.48 Å². The molecule has 1 aromatic carbocycles. The Morgan fingerprint density at radius 2 is 2.00 bits per heavy atom. The number of hydrogen-bond donors (Lipinski definition) is 2. The summed E-state index contributed by atoms with van der Waals surface area (Å²) in [5.41, 5.74) is 0.780. The lowest BCUT2D eigenvalue weighted by molar-refractivity contribution is -0.123. The zero-order valence-electron chi connectivity index (χ0n) is 13.1. The van der Waals surface area contributed by atoms with Crippen molar-refractivity contribution in [3.05, 3.63) is 45.2 Å². The third-order valence-electron chi connectivity index (χ3n) is 3.22. The second-order valence-corrected chi connectivity index (χ2v) is 6.26. The number of nitrogens with zero attached hydrogens (tertiary/aromatic N) is 2. The highest BCUT2D eigenvalue weighted by atomic mass is 35.5. The van der Waals surface area contributed by atoms with Gasteiger partial charge in [0.2, 0.25) is 5.91 Å². The second-order valence-electron chi connectivity index (χ2n) is 5.01. The Kier molecular flexibility index (Phi) is 6.74. The Morgan fingerprint density at radius 3 is 2.54 bits per heavy atom. The smallest absolute Gasteiger partial charge is 0.241 e. The molecule has 0 spiro atoms. The van der Waals surface area contributed by atoms with E-state index in [4.69, 9.17) is 39.5 Å². The highest BCUT2D eigenvalue weighted by Crippen LogP contribution is 2.35. The molecule has 0 aliphatic heterocycles. The van der Waals surface area contributed by atoms with Gasteiger partial charge in [0.15, 0.2) is 5.75 Å². The first kappa shape index (κ1) is 18.9. The molecule has 0 saturated heterocycles. The van der Waals surface area contributed by atoms with E-state index < -0.39 is 6.04 Å². The topological polar surface area (TPSA) is 68.2 Å². The van der Waals surface area contributed by atoms with E-state index in [0.29, 0.717) is 27.4 Å². The van der Waals surface area contributed by atoms with E-state index in [1.165, 1.54) is 0 Å². The quantitative estimate of drug-likeness (QED) is 0.712. The molecule has 2 rings (SSSR count). The lowest BCUT2D eigenvalue weighted by Gasteiger charge is -2.15. The van der Waals surface area contributed by atoms with Gasteiger partial charge in [-0.2, -0.15) is 5.10 Å². The van der Waals surface area contributed by atoms with Gasteiger partial charge in [-0.05, 0) is 19.2 Å². The van der Waals surface area contributed by atoms with E-state index in [9.17, 15) is 4.79 Å². The molecular weight excluding hydrogens is 375 g/mol. The maximum atomic E-state index is 12.2. The molecule has 1 aromatic heterocycles. The number of nitrogens with one attached hydrogen (secondary N) is 2. The number of ether oxygens (including phenoxy) is 1. The molecule has 2 aromatic rings. The molecule has 1 amide bonds. The molecule has 1 atom stereocenters. The fourth-order valence-corrected chi connectivity index (χ4v) is 3.06. The van der Waals surface area contributed by atoms with Crippen molar-refractivity contribution in [2.24, 2.45) is 7.05 Å². The number of rotatable bonds is 7. The summed E-state index contributed by atoms with van der Waals surface area (Å²) >= 11 is 17.9. The van der Waals surface area contributed by atoms with Crippen molar-refractivity contribution in [2.45, 2.75) is 6.04 Å². The van der Waals surface area contributed by atoms with Crippen molar-refractivity contribution in [1.82, 2.24) is 20.4 Å². The summed E-state index contributed by atoms with van der Waals surface area (Å²) in [6.07, 6.45) is 3.43. The first-order valence-electron chi connectivity index (χ1n) is 7.13. The standard InChI is InChI=1S/C15H17Cl3N4O2/c1-19-13(9-7-21-22(2)8-9)15(23)20-3-4-24-14-11(17)5-10(16)6-12(14)18/h5-8,13,19H,3-4H2,1-2H3,(H,20,23). The van der Waals surface area contributed by atoms with Crippen LogP contribution in [-0.4, -0.2) is 35.9 Å². The van der Waals surface area contributed by atoms with Crippen LogP contribution >= 0.6 is 34.8 Å². The summed E-state index contributed by atoms with van der Waals surface area (Å²) in [5, 5.41) is 10.9. The Labute approximate surface area is 155 Å². The molecule has 2 N–H and O–H groups in total. The van der Waals surface area contributed by atoms with Crippen LogP contribution in [0, 0.1) is 0 Å². The first-order valence-corrected chi connectivity index (χ1v) is 8.26. The number of amides is 1. The third kappa shape index (κ3) is 4.77. The molecule has 0 fully saturated rings. The highest BCUT2D eigenvalue weighted by Gasteiger charge is 2.19. The maximum absolute atomic E-state index is 12.2. The molecule has 9 heteroatoms. The van der Waals surface area contributed by atoms with Crippen LogP contribution in [0.4, 0.5) is 0 Å². The van der Waals surface area contributed by atoms with Gasteiger partial charge in [0, 0.05) is 23.8 Å². The summed E-state index contributed by atoms with van der Waals surface area (Å²) < 4.78 is 7.16. The predicted octanol–water partition coefficient (Wildman–Crippen LogP) is 2.84. The SMILES string of the molecule is CNC(C(=O)NCCOc1c(Cl)cc(Cl)cc1Cl)c1cnn(C)c1. The minimum Gasteiger partial charge on any atom is -0.489 e. The van der Waals surface area contributed by atoms with Crippen molar-refractivity contribution in [1.29, 1.82) is 0 Å². The van der Waals surface area contributed by atoms with Crippen molar-refractivity contribution >= 4 is 40.7 Å². The maximum Gasteiger partial charge on any atom is 0.241 e. The van der Waals surface area contributed by atoms with Gasteiger partial charge < -0.3 is 15.4 Å². The Hall–Kier alpha value is -1.47. The van der Waals surface area contributed by atoms with E-state index in [1.807, 2.05) is 0 Å². The van der Waals surface area contributed by atoms with Gasteiger partial charge in [-0.25, -0.2) is 0 Å². The number of carbonyl (C=O) groups excluding carboxylic acids is 1. The molecule has 0 aliphatic rings. The zero-order valence-corrected chi connectivity index (χ0v) is 15.4. The monoisotopic (exact) mass is 390 g/mol. The van der Waals surface area contributed by atoms with E-state index in [0.717, 1.165) is 5.56 Å². The Bertz CT molecular complexity index is 697. The third-order valence-corrected chi connectivity index (χ3v) is 4.00. The van der Waals surface area contributed by atoms with Crippen LogP contribution in [-0.2, 0) is 11.8 Å². The average Bonchev–Trinajstić information content (AvgIpc) is 2.92. The fourth-order valence-electron chi connectivity index (χ4n) is 2.13. The normalized spacial score (nSPS) is 12.0.